The number of carbonyl (C=O) groups is 1. The molecule has 5 rings (SSSR count). The summed E-state index contributed by atoms with van der Waals surface area (Å²) in [6.07, 6.45) is 1.81. The monoisotopic (exact) mass is 383 g/mol. The number of hydrogen-bond donors (Lipinski definition) is 0. The van der Waals surface area contributed by atoms with Crippen LogP contribution in [0.5, 0.6) is 11.5 Å². The zero-order valence-corrected chi connectivity index (χ0v) is 16.2. The number of allylic oxidation sites excluding steroid dienone is 1. The molecule has 4 heteroatoms. The van der Waals surface area contributed by atoms with Crippen molar-refractivity contribution in [1.82, 2.24) is 4.90 Å². The molecule has 3 aromatic carbocycles. The van der Waals surface area contributed by atoms with Crippen LogP contribution >= 0.6 is 0 Å². The number of rotatable bonds is 3. The Kier molecular flexibility index (Phi) is 4.41. The molecular formula is C25H21NO3. The Hall–Kier alpha value is -3.37. The maximum absolute atomic E-state index is 12.9. The molecule has 0 aromatic heterocycles. The molecule has 2 aliphatic heterocycles. The predicted octanol–water partition coefficient (Wildman–Crippen LogP) is 4.96. The Bertz CT molecular complexity index is 1100. The van der Waals surface area contributed by atoms with Gasteiger partial charge in [0.15, 0.2) is 5.76 Å². The van der Waals surface area contributed by atoms with E-state index in [1.54, 1.807) is 12.1 Å². The standard InChI is InChI=1S/C25H21NO3/c1-17-7-9-18(10-8-17)13-23-24(27)20-11-12-22-21(25(20)29-23)15-26(16-28-22)14-19-5-3-2-4-6-19/h2-13H,14-16H2,1H3/b23-13-. The van der Waals surface area contributed by atoms with Crippen molar-refractivity contribution in [3.63, 3.8) is 0 Å². The van der Waals surface area contributed by atoms with Crippen molar-refractivity contribution in [2.75, 3.05) is 6.73 Å². The van der Waals surface area contributed by atoms with Gasteiger partial charge in [0.25, 0.3) is 0 Å². The summed E-state index contributed by atoms with van der Waals surface area (Å²) in [5.74, 6) is 1.70. The van der Waals surface area contributed by atoms with E-state index in [1.165, 1.54) is 11.1 Å². The van der Waals surface area contributed by atoms with Gasteiger partial charge in [-0.15, -0.1) is 0 Å². The first-order valence-corrected chi connectivity index (χ1v) is 9.73. The van der Waals surface area contributed by atoms with E-state index < -0.39 is 0 Å². The van der Waals surface area contributed by atoms with E-state index >= 15 is 0 Å². The number of benzene rings is 3. The quantitative estimate of drug-likeness (QED) is 0.599. The van der Waals surface area contributed by atoms with Crippen LogP contribution < -0.4 is 9.47 Å². The largest absolute Gasteiger partial charge is 0.478 e. The fourth-order valence-electron chi connectivity index (χ4n) is 3.76. The van der Waals surface area contributed by atoms with Crippen LogP contribution in [0.25, 0.3) is 6.08 Å². The minimum absolute atomic E-state index is 0.0800. The minimum atomic E-state index is -0.0800. The number of fused-ring (bicyclic) bond motifs is 3. The highest BCUT2D eigenvalue weighted by molar-refractivity contribution is 6.15. The zero-order valence-electron chi connectivity index (χ0n) is 16.2. The smallest absolute Gasteiger partial charge is 0.231 e. The molecule has 4 nitrogen and oxygen atoms in total. The molecule has 0 unspecified atom stereocenters. The Morgan fingerprint density at radius 3 is 2.59 bits per heavy atom. The number of Topliss-reactive ketones (excluding diaryl/α,β-unsaturated/α-hetero) is 1. The van der Waals surface area contributed by atoms with Crippen LogP contribution in [0.3, 0.4) is 0 Å². The van der Waals surface area contributed by atoms with Crippen LogP contribution in [0.4, 0.5) is 0 Å². The van der Waals surface area contributed by atoms with E-state index in [2.05, 4.69) is 17.0 Å². The Labute approximate surface area is 170 Å². The SMILES string of the molecule is Cc1ccc(/C=C2\Oc3c(ccc4c3CN(Cc3ccccc3)CO4)C2=O)cc1. The molecule has 0 radical (unpaired) electrons. The van der Waals surface area contributed by atoms with Crippen LogP contribution in [0, 0.1) is 6.92 Å². The van der Waals surface area contributed by atoms with Gasteiger partial charge in [-0.1, -0.05) is 60.2 Å². The molecule has 3 aromatic rings. The van der Waals surface area contributed by atoms with E-state index in [4.69, 9.17) is 9.47 Å². The lowest BCUT2D eigenvalue weighted by Crippen LogP contribution is -2.31. The summed E-state index contributed by atoms with van der Waals surface area (Å²) in [7, 11) is 0. The maximum atomic E-state index is 12.9. The number of ether oxygens (including phenoxy) is 2. The summed E-state index contributed by atoms with van der Waals surface area (Å²) >= 11 is 0. The van der Waals surface area contributed by atoms with Crippen LogP contribution in [0.2, 0.25) is 0 Å². The van der Waals surface area contributed by atoms with Crippen LogP contribution in [0.1, 0.15) is 32.6 Å². The van der Waals surface area contributed by atoms with Crippen LogP contribution in [-0.4, -0.2) is 17.4 Å². The van der Waals surface area contributed by atoms with Crippen LogP contribution in [-0.2, 0) is 13.1 Å². The molecule has 0 fully saturated rings. The van der Waals surface area contributed by atoms with E-state index in [0.717, 1.165) is 23.4 Å². The van der Waals surface area contributed by atoms with Gasteiger partial charge in [0, 0.05) is 13.1 Å². The maximum Gasteiger partial charge on any atom is 0.231 e. The molecular weight excluding hydrogens is 362 g/mol. The highest BCUT2D eigenvalue weighted by Crippen LogP contribution is 2.42. The molecule has 0 bridgehead atoms. The van der Waals surface area contributed by atoms with Crippen molar-refractivity contribution >= 4 is 11.9 Å². The third kappa shape index (κ3) is 3.43. The summed E-state index contributed by atoms with van der Waals surface area (Å²) in [6.45, 7) is 4.01. The summed E-state index contributed by atoms with van der Waals surface area (Å²) in [6, 6.07) is 22.0. The number of carbonyl (C=O) groups excluding carboxylic acids is 1. The molecule has 0 atom stereocenters. The average Bonchev–Trinajstić information content (AvgIpc) is 3.06. The van der Waals surface area contributed by atoms with Crippen molar-refractivity contribution in [3.8, 4) is 11.5 Å². The second kappa shape index (κ2) is 7.22. The normalized spacial score (nSPS) is 16.9. The van der Waals surface area contributed by atoms with Crippen molar-refractivity contribution in [3.05, 3.63) is 100 Å². The van der Waals surface area contributed by atoms with Crippen molar-refractivity contribution in [2.45, 2.75) is 20.0 Å². The highest BCUT2D eigenvalue weighted by Gasteiger charge is 2.33. The van der Waals surface area contributed by atoms with Gasteiger partial charge < -0.3 is 9.47 Å². The topological polar surface area (TPSA) is 38.8 Å². The van der Waals surface area contributed by atoms with Crippen molar-refractivity contribution in [2.24, 2.45) is 0 Å². The van der Waals surface area contributed by atoms with Crippen molar-refractivity contribution in [1.29, 1.82) is 0 Å². The first-order valence-electron chi connectivity index (χ1n) is 9.73. The summed E-state index contributed by atoms with van der Waals surface area (Å²) < 4.78 is 12.0. The Morgan fingerprint density at radius 1 is 1.00 bits per heavy atom. The lowest BCUT2D eigenvalue weighted by atomic mass is 10.0. The first-order chi connectivity index (χ1) is 14.2. The molecule has 0 amide bonds. The van der Waals surface area contributed by atoms with Gasteiger partial charge in [0.2, 0.25) is 5.78 Å². The van der Waals surface area contributed by atoms with Crippen molar-refractivity contribution < 1.29 is 14.3 Å². The fraction of sp³-hybridized carbons (Fsp3) is 0.160. The summed E-state index contributed by atoms with van der Waals surface area (Å²) in [4.78, 5) is 15.1. The Morgan fingerprint density at radius 2 is 1.79 bits per heavy atom. The minimum Gasteiger partial charge on any atom is -0.478 e. The van der Waals surface area contributed by atoms with Gasteiger partial charge in [-0.3, -0.25) is 9.69 Å². The van der Waals surface area contributed by atoms with Gasteiger partial charge >= 0.3 is 0 Å². The lowest BCUT2D eigenvalue weighted by molar-refractivity contribution is 0.0873. The third-order valence-corrected chi connectivity index (χ3v) is 5.31. The van der Waals surface area contributed by atoms with E-state index in [1.807, 2.05) is 55.5 Å². The molecule has 0 saturated carbocycles. The second-order valence-electron chi connectivity index (χ2n) is 7.52. The number of ketones is 1. The first kappa shape index (κ1) is 17.7. The van der Waals surface area contributed by atoms with Gasteiger partial charge in [-0.05, 0) is 36.3 Å². The molecule has 29 heavy (non-hydrogen) atoms. The number of hydrogen-bond acceptors (Lipinski definition) is 4. The predicted molar refractivity (Wildman–Crippen MR) is 112 cm³/mol. The molecule has 0 aliphatic carbocycles. The van der Waals surface area contributed by atoms with E-state index in [0.29, 0.717) is 30.3 Å². The average molecular weight is 383 g/mol. The molecule has 2 aliphatic rings. The summed E-state index contributed by atoms with van der Waals surface area (Å²) in [5.41, 5.74) is 4.89. The third-order valence-electron chi connectivity index (χ3n) is 5.31. The fourth-order valence-corrected chi connectivity index (χ4v) is 3.76. The lowest BCUT2D eigenvalue weighted by Gasteiger charge is -2.29. The van der Waals surface area contributed by atoms with Gasteiger partial charge in [-0.25, -0.2) is 0 Å². The molecule has 0 N–H and O–H groups in total. The summed E-state index contributed by atoms with van der Waals surface area (Å²) in [5, 5.41) is 0. The molecule has 144 valence electrons. The van der Waals surface area contributed by atoms with E-state index in [-0.39, 0.29) is 5.78 Å². The number of nitrogens with zero attached hydrogens (tertiary/aromatic N) is 1. The van der Waals surface area contributed by atoms with Crippen LogP contribution in [0.15, 0.2) is 72.5 Å². The van der Waals surface area contributed by atoms with E-state index in [9.17, 15) is 4.79 Å². The van der Waals surface area contributed by atoms with Gasteiger partial charge in [0.1, 0.15) is 18.2 Å². The number of aryl methyl sites for hydroxylation is 1. The highest BCUT2D eigenvalue weighted by atomic mass is 16.5. The second-order valence-corrected chi connectivity index (χ2v) is 7.52. The molecule has 2 heterocycles. The molecule has 0 saturated heterocycles. The zero-order chi connectivity index (χ0) is 19.8. The van der Waals surface area contributed by atoms with Gasteiger partial charge in [0.05, 0.1) is 11.1 Å². The van der Waals surface area contributed by atoms with Gasteiger partial charge in [-0.2, -0.15) is 0 Å². The molecule has 0 spiro atoms. The Balaban J connectivity index is 1.43.